The van der Waals surface area contributed by atoms with Crippen molar-refractivity contribution in [1.82, 2.24) is 0 Å². The lowest BCUT2D eigenvalue weighted by Gasteiger charge is -2.07. The molecule has 2 aromatic carbocycles. The quantitative estimate of drug-likeness (QED) is 0.848. The molecule has 86 valence electrons. The normalized spacial score (nSPS) is 9.65. The number of hydrogen-bond acceptors (Lipinski definition) is 2. The predicted molar refractivity (Wildman–Crippen MR) is 66.2 cm³/mol. The molecule has 0 aliphatic carbocycles. The number of ether oxygens (including phenoxy) is 1. The SMILES string of the molecule is NC(=O)Nc1cccc(Oc2ccccc2)c1. The molecule has 17 heavy (non-hydrogen) atoms. The lowest BCUT2D eigenvalue weighted by atomic mass is 10.3. The van der Waals surface area contributed by atoms with E-state index in [0.717, 1.165) is 5.75 Å². The average molecular weight is 228 g/mol. The van der Waals surface area contributed by atoms with Crippen LogP contribution in [0, 0.1) is 0 Å². The highest BCUT2D eigenvalue weighted by molar-refractivity contribution is 5.87. The van der Waals surface area contributed by atoms with Gasteiger partial charge in [0.25, 0.3) is 0 Å². The number of carbonyl (C=O) groups excluding carboxylic acids is 1. The molecule has 0 heterocycles. The fourth-order valence-electron chi connectivity index (χ4n) is 1.40. The summed E-state index contributed by atoms with van der Waals surface area (Å²) in [4.78, 5) is 10.7. The van der Waals surface area contributed by atoms with Gasteiger partial charge in [0, 0.05) is 11.8 Å². The van der Waals surface area contributed by atoms with Crippen molar-refractivity contribution in [3.8, 4) is 11.5 Å². The van der Waals surface area contributed by atoms with Crippen molar-refractivity contribution in [3.63, 3.8) is 0 Å². The molecular weight excluding hydrogens is 216 g/mol. The zero-order chi connectivity index (χ0) is 12.1. The van der Waals surface area contributed by atoms with E-state index < -0.39 is 6.03 Å². The average Bonchev–Trinajstić information content (AvgIpc) is 2.30. The number of hydrogen-bond donors (Lipinski definition) is 2. The van der Waals surface area contributed by atoms with Crippen molar-refractivity contribution in [2.45, 2.75) is 0 Å². The number of benzene rings is 2. The molecule has 0 aromatic heterocycles. The number of carbonyl (C=O) groups is 1. The molecule has 0 fully saturated rings. The van der Waals surface area contributed by atoms with Crippen LogP contribution in [0.5, 0.6) is 11.5 Å². The first kappa shape index (κ1) is 11.0. The lowest BCUT2D eigenvalue weighted by molar-refractivity contribution is 0.259. The van der Waals surface area contributed by atoms with Crippen molar-refractivity contribution in [2.24, 2.45) is 5.73 Å². The molecule has 0 saturated heterocycles. The Balaban J connectivity index is 2.14. The maximum atomic E-state index is 10.7. The van der Waals surface area contributed by atoms with Crippen LogP contribution in [0.3, 0.4) is 0 Å². The summed E-state index contributed by atoms with van der Waals surface area (Å²) in [5.41, 5.74) is 5.64. The first-order chi connectivity index (χ1) is 8.24. The van der Waals surface area contributed by atoms with E-state index in [0.29, 0.717) is 11.4 Å². The molecule has 0 aliphatic rings. The van der Waals surface area contributed by atoms with E-state index >= 15 is 0 Å². The molecule has 0 radical (unpaired) electrons. The smallest absolute Gasteiger partial charge is 0.316 e. The van der Waals surface area contributed by atoms with Crippen LogP contribution in [0.2, 0.25) is 0 Å². The molecule has 2 amide bonds. The molecule has 3 N–H and O–H groups in total. The van der Waals surface area contributed by atoms with Gasteiger partial charge in [-0.25, -0.2) is 4.79 Å². The van der Waals surface area contributed by atoms with Crippen LogP contribution in [0.4, 0.5) is 10.5 Å². The molecule has 0 spiro atoms. The molecule has 4 heteroatoms. The fraction of sp³-hybridized carbons (Fsp3) is 0. The standard InChI is InChI=1S/C13H12N2O2/c14-13(16)15-10-5-4-8-12(9-10)17-11-6-2-1-3-7-11/h1-9H,(H3,14,15,16). The van der Waals surface area contributed by atoms with E-state index in [2.05, 4.69) is 5.32 Å². The Morgan fingerprint density at radius 1 is 1.00 bits per heavy atom. The molecule has 2 rings (SSSR count). The topological polar surface area (TPSA) is 64.4 Å². The predicted octanol–water partition coefficient (Wildman–Crippen LogP) is 2.97. The molecule has 2 aromatic rings. The van der Waals surface area contributed by atoms with Gasteiger partial charge in [-0.1, -0.05) is 24.3 Å². The van der Waals surface area contributed by atoms with Gasteiger partial charge < -0.3 is 15.8 Å². The summed E-state index contributed by atoms with van der Waals surface area (Å²) in [6, 6.07) is 15.8. The van der Waals surface area contributed by atoms with Crippen LogP contribution in [0.1, 0.15) is 0 Å². The summed E-state index contributed by atoms with van der Waals surface area (Å²) in [7, 11) is 0. The van der Waals surface area contributed by atoms with E-state index in [1.807, 2.05) is 30.3 Å². The van der Waals surface area contributed by atoms with Crippen LogP contribution in [0.15, 0.2) is 54.6 Å². The van der Waals surface area contributed by atoms with Gasteiger partial charge in [0.05, 0.1) is 0 Å². The van der Waals surface area contributed by atoms with Gasteiger partial charge in [0.15, 0.2) is 0 Å². The van der Waals surface area contributed by atoms with Crippen molar-refractivity contribution >= 4 is 11.7 Å². The Morgan fingerprint density at radius 2 is 1.71 bits per heavy atom. The van der Waals surface area contributed by atoms with Crippen LogP contribution in [-0.2, 0) is 0 Å². The van der Waals surface area contributed by atoms with E-state index in [4.69, 9.17) is 10.5 Å². The second kappa shape index (κ2) is 5.03. The highest BCUT2D eigenvalue weighted by Crippen LogP contribution is 2.23. The summed E-state index contributed by atoms with van der Waals surface area (Å²) >= 11 is 0. The summed E-state index contributed by atoms with van der Waals surface area (Å²) in [5.74, 6) is 1.38. The third kappa shape index (κ3) is 3.24. The van der Waals surface area contributed by atoms with Crippen LogP contribution < -0.4 is 15.8 Å². The summed E-state index contributed by atoms with van der Waals surface area (Å²) < 4.78 is 5.61. The zero-order valence-corrected chi connectivity index (χ0v) is 9.09. The monoisotopic (exact) mass is 228 g/mol. The molecule has 0 aliphatic heterocycles. The van der Waals surface area contributed by atoms with Crippen LogP contribution in [-0.4, -0.2) is 6.03 Å². The van der Waals surface area contributed by atoms with Gasteiger partial charge in [-0.2, -0.15) is 0 Å². The number of nitrogens with two attached hydrogens (primary N) is 1. The van der Waals surface area contributed by atoms with Gasteiger partial charge in [-0.15, -0.1) is 0 Å². The van der Waals surface area contributed by atoms with Gasteiger partial charge in [0.1, 0.15) is 11.5 Å². The Kier molecular flexibility index (Phi) is 3.25. The second-order valence-corrected chi connectivity index (χ2v) is 3.43. The summed E-state index contributed by atoms with van der Waals surface area (Å²) in [5, 5.41) is 2.49. The summed E-state index contributed by atoms with van der Waals surface area (Å²) in [6.45, 7) is 0. The van der Waals surface area contributed by atoms with Gasteiger partial charge in [-0.3, -0.25) is 0 Å². The number of urea groups is 1. The van der Waals surface area contributed by atoms with Crippen molar-refractivity contribution in [2.75, 3.05) is 5.32 Å². The molecule has 0 atom stereocenters. The van der Waals surface area contributed by atoms with E-state index in [9.17, 15) is 4.79 Å². The molecular formula is C13H12N2O2. The minimum Gasteiger partial charge on any atom is -0.457 e. The molecule has 0 saturated carbocycles. The highest BCUT2D eigenvalue weighted by atomic mass is 16.5. The number of para-hydroxylation sites is 1. The maximum absolute atomic E-state index is 10.7. The summed E-state index contributed by atoms with van der Waals surface area (Å²) in [6.07, 6.45) is 0. The van der Waals surface area contributed by atoms with Gasteiger partial charge in [-0.05, 0) is 24.3 Å². The fourth-order valence-corrected chi connectivity index (χ4v) is 1.40. The van der Waals surface area contributed by atoms with E-state index in [-0.39, 0.29) is 0 Å². The third-order valence-electron chi connectivity index (χ3n) is 2.08. The maximum Gasteiger partial charge on any atom is 0.316 e. The number of rotatable bonds is 3. The van der Waals surface area contributed by atoms with Crippen molar-refractivity contribution < 1.29 is 9.53 Å². The van der Waals surface area contributed by atoms with Crippen molar-refractivity contribution in [3.05, 3.63) is 54.6 Å². The number of primary amides is 1. The molecule has 0 bridgehead atoms. The Hall–Kier alpha value is -2.49. The van der Waals surface area contributed by atoms with Crippen LogP contribution >= 0.6 is 0 Å². The third-order valence-corrected chi connectivity index (χ3v) is 2.08. The number of anilines is 1. The highest BCUT2D eigenvalue weighted by Gasteiger charge is 2.00. The van der Waals surface area contributed by atoms with Crippen LogP contribution in [0.25, 0.3) is 0 Å². The van der Waals surface area contributed by atoms with E-state index in [1.54, 1.807) is 24.3 Å². The molecule has 0 unspecified atom stereocenters. The van der Waals surface area contributed by atoms with Gasteiger partial charge >= 0.3 is 6.03 Å². The largest absolute Gasteiger partial charge is 0.457 e. The molecule has 4 nitrogen and oxygen atoms in total. The van der Waals surface area contributed by atoms with Gasteiger partial charge in [0.2, 0.25) is 0 Å². The first-order valence-electron chi connectivity index (χ1n) is 5.13. The minimum atomic E-state index is -0.595. The van der Waals surface area contributed by atoms with Crippen molar-refractivity contribution in [1.29, 1.82) is 0 Å². The minimum absolute atomic E-state index is 0.595. The van der Waals surface area contributed by atoms with E-state index in [1.165, 1.54) is 0 Å². The Labute approximate surface area is 99.0 Å². The zero-order valence-electron chi connectivity index (χ0n) is 9.09. The first-order valence-corrected chi connectivity index (χ1v) is 5.13. The Morgan fingerprint density at radius 3 is 2.41 bits per heavy atom. The number of nitrogens with one attached hydrogen (secondary N) is 1. The lowest BCUT2D eigenvalue weighted by Crippen LogP contribution is -2.19. The Bertz CT molecular complexity index is 512. The second-order valence-electron chi connectivity index (χ2n) is 3.43. The number of amides is 2.